The molecule has 40 heavy (non-hydrogen) atoms. The van der Waals surface area contributed by atoms with Crippen molar-refractivity contribution < 1.29 is 38.3 Å². The maximum atomic E-state index is 13.3. The fraction of sp³-hybridized carbons (Fsp3) is 0.148. The molecule has 0 unspecified atom stereocenters. The molecule has 1 N–H and O–H groups in total. The number of nitrogens with one attached hydrogen (secondary N) is 1. The zero-order valence-corrected chi connectivity index (χ0v) is 23.0. The highest BCUT2D eigenvalue weighted by molar-refractivity contribution is 14.1. The number of urea groups is 1. The number of ether oxygens (including phenoxy) is 4. The average molecular weight is 657 g/mol. The van der Waals surface area contributed by atoms with Crippen LogP contribution >= 0.6 is 22.6 Å². The first kappa shape index (κ1) is 26.9. The summed E-state index contributed by atoms with van der Waals surface area (Å²) >= 11 is 2.03. The number of nitrogens with zero attached hydrogens (tertiary/aromatic N) is 2. The van der Waals surface area contributed by atoms with E-state index in [4.69, 9.17) is 18.9 Å². The second kappa shape index (κ2) is 11.2. The molecule has 3 aromatic rings. The number of hydrogen-bond donors (Lipinski definition) is 1. The summed E-state index contributed by atoms with van der Waals surface area (Å²) in [6, 6.07) is 13.1. The first-order chi connectivity index (χ1) is 19.2. The number of anilines is 1. The van der Waals surface area contributed by atoms with Crippen LogP contribution in [0.4, 0.5) is 16.2 Å². The van der Waals surface area contributed by atoms with Gasteiger partial charge in [0.15, 0.2) is 23.0 Å². The van der Waals surface area contributed by atoms with Crippen LogP contribution in [0.1, 0.15) is 18.1 Å². The van der Waals surface area contributed by atoms with Gasteiger partial charge in [-0.1, -0.05) is 12.1 Å². The van der Waals surface area contributed by atoms with Crippen molar-refractivity contribution >= 4 is 57.9 Å². The second-order valence-corrected chi connectivity index (χ2v) is 9.64. The molecule has 5 rings (SSSR count). The predicted octanol–water partition coefficient (Wildman–Crippen LogP) is 4.57. The minimum absolute atomic E-state index is 0.0222. The number of imide groups is 2. The quantitative estimate of drug-likeness (QED) is 0.121. The molecule has 1 fully saturated rings. The number of carbonyl (C=O) groups is 3. The van der Waals surface area contributed by atoms with Crippen LogP contribution in [0.15, 0.2) is 60.2 Å². The normalized spacial score (nSPS) is 15.3. The Morgan fingerprint density at radius 2 is 1.88 bits per heavy atom. The number of carbonyl (C=O) groups excluding carboxylic acids is 3. The SMILES string of the molecule is CCOc1cc(/C=C2\C(=O)NC(=O)N(c3ccc4c(c3)OCO4)C2=O)cc(I)c1OCc1cccc([N+](=O)[O-])c1. The Labute approximate surface area is 240 Å². The van der Waals surface area contributed by atoms with Gasteiger partial charge < -0.3 is 18.9 Å². The Bertz CT molecular complexity index is 1590. The van der Waals surface area contributed by atoms with Gasteiger partial charge in [0.1, 0.15) is 12.2 Å². The third kappa shape index (κ3) is 5.40. The van der Waals surface area contributed by atoms with Crippen molar-refractivity contribution in [1.29, 1.82) is 0 Å². The van der Waals surface area contributed by atoms with Crippen molar-refractivity contribution in [2.75, 3.05) is 18.3 Å². The lowest BCUT2D eigenvalue weighted by atomic mass is 10.1. The topological polar surface area (TPSA) is 147 Å². The fourth-order valence-corrected chi connectivity index (χ4v) is 4.85. The van der Waals surface area contributed by atoms with Crippen LogP contribution in [0, 0.1) is 13.7 Å². The van der Waals surface area contributed by atoms with Crippen LogP contribution in [0.25, 0.3) is 6.08 Å². The number of fused-ring (bicyclic) bond motifs is 1. The number of hydrogen-bond acceptors (Lipinski definition) is 9. The van der Waals surface area contributed by atoms with E-state index < -0.39 is 22.8 Å². The Hall–Kier alpha value is -4.66. The van der Waals surface area contributed by atoms with E-state index in [9.17, 15) is 24.5 Å². The van der Waals surface area contributed by atoms with Crippen molar-refractivity contribution in [3.8, 4) is 23.0 Å². The molecule has 3 aromatic carbocycles. The van der Waals surface area contributed by atoms with Crippen molar-refractivity contribution in [2.24, 2.45) is 0 Å². The van der Waals surface area contributed by atoms with E-state index in [0.29, 0.717) is 44.3 Å². The molecule has 2 heterocycles. The van der Waals surface area contributed by atoms with Crippen molar-refractivity contribution in [3.63, 3.8) is 0 Å². The molecule has 2 aliphatic rings. The van der Waals surface area contributed by atoms with Crippen LogP contribution in [0.5, 0.6) is 23.0 Å². The fourth-order valence-electron chi connectivity index (χ4n) is 4.07. The van der Waals surface area contributed by atoms with Gasteiger partial charge in [0.05, 0.1) is 20.8 Å². The molecule has 0 bridgehead atoms. The Morgan fingerprint density at radius 1 is 1.07 bits per heavy atom. The molecule has 0 spiro atoms. The van der Waals surface area contributed by atoms with Crippen LogP contribution in [0.2, 0.25) is 0 Å². The third-order valence-electron chi connectivity index (χ3n) is 5.86. The summed E-state index contributed by atoms with van der Waals surface area (Å²) < 4.78 is 22.9. The van der Waals surface area contributed by atoms with Crippen molar-refractivity contribution in [2.45, 2.75) is 13.5 Å². The zero-order valence-electron chi connectivity index (χ0n) is 20.8. The van der Waals surface area contributed by atoms with E-state index in [1.165, 1.54) is 30.3 Å². The van der Waals surface area contributed by atoms with Gasteiger partial charge in [-0.15, -0.1) is 0 Å². The Balaban J connectivity index is 1.44. The summed E-state index contributed by atoms with van der Waals surface area (Å²) in [4.78, 5) is 50.1. The highest BCUT2D eigenvalue weighted by Crippen LogP contribution is 2.38. The van der Waals surface area contributed by atoms with E-state index in [1.807, 2.05) is 22.6 Å². The first-order valence-electron chi connectivity index (χ1n) is 11.9. The van der Waals surface area contributed by atoms with Crippen molar-refractivity contribution in [3.05, 3.63) is 85.0 Å². The second-order valence-electron chi connectivity index (χ2n) is 8.47. The lowest BCUT2D eigenvalue weighted by Crippen LogP contribution is -2.54. The Morgan fingerprint density at radius 3 is 2.65 bits per heavy atom. The number of benzene rings is 3. The molecule has 13 heteroatoms. The smallest absolute Gasteiger partial charge is 0.335 e. The zero-order chi connectivity index (χ0) is 28.4. The average Bonchev–Trinajstić information content (AvgIpc) is 3.39. The summed E-state index contributed by atoms with van der Waals surface area (Å²) in [6.07, 6.45) is 1.36. The molecule has 2 aliphatic heterocycles. The number of nitro benzene ring substituents is 1. The van der Waals surface area contributed by atoms with Crippen molar-refractivity contribution in [1.82, 2.24) is 5.32 Å². The van der Waals surface area contributed by atoms with Gasteiger partial charge >= 0.3 is 6.03 Å². The molecule has 0 aromatic heterocycles. The molecular weight excluding hydrogens is 637 g/mol. The van der Waals surface area contributed by atoms with E-state index in [1.54, 1.807) is 37.3 Å². The monoisotopic (exact) mass is 657 g/mol. The molecule has 12 nitrogen and oxygen atoms in total. The molecule has 0 radical (unpaired) electrons. The maximum Gasteiger partial charge on any atom is 0.335 e. The molecule has 0 atom stereocenters. The summed E-state index contributed by atoms with van der Waals surface area (Å²) in [5, 5.41) is 13.3. The third-order valence-corrected chi connectivity index (χ3v) is 6.66. The Kier molecular flexibility index (Phi) is 7.55. The van der Waals surface area contributed by atoms with Gasteiger partial charge in [0.2, 0.25) is 6.79 Å². The van der Waals surface area contributed by atoms with Crippen LogP contribution in [-0.4, -0.2) is 36.2 Å². The minimum Gasteiger partial charge on any atom is -0.490 e. The highest BCUT2D eigenvalue weighted by atomic mass is 127. The number of halogens is 1. The van der Waals surface area contributed by atoms with Gasteiger partial charge in [-0.3, -0.25) is 25.0 Å². The van der Waals surface area contributed by atoms with Crippen LogP contribution in [0.3, 0.4) is 0 Å². The molecule has 0 aliphatic carbocycles. The van der Waals surface area contributed by atoms with Crippen LogP contribution in [-0.2, 0) is 16.2 Å². The highest BCUT2D eigenvalue weighted by Gasteiger charge is 2.37. The maximum absolute atomic E-state index is 13.3. The van der Waals surface area contributed by atoms with E-state index >= 15 is 0 Å². The summed E-state index contributed by atoms with van der Waals surface area (Å²) in [7, 11) is 0. The standard InChI is InChI=1S/C27H20IN3O9/c1-2-37-23-11-16(10-20(28)24(23)38-13-15-4-3-5-18(8-15)31(35)36)9-19-25(32)29-27(34)30(26(19)33)17-6-7-21-22(12-17)40-14-39-21/h3-12H,2,13-14H2,1H3,(H,29,32,34)/b19-9+. The first-order valence-corrected chi connectivity index (χ1v) is 13.0. The molecule has 204 valence electrons. The summed E-state index contributed by atoms with van der Waals surface area (Å²) in [5.74, 6) is -0.0623. The van der Waals surface area contributed by atoms with Crippen LogP contribution < -0.4 is 29.2 Å². The number of rotatable bonds is 8. The number of nitro groups is 1. The van der Waals surface area contributed by atoms with E-state index in [2.05, 4.69) is 5.32 Å². The molecule has 0 saturated carbocycles. The number of amides is 4. The van der Waals surface area contributed by atoms with Gasteiger partial charge in [-0.2, -0.15) is 0 Å². The minimum atomic E-state index is -0.888. The number of barbiturate groups is 1. The summed E-state index contributed by atoms with van der Waals surface area (Å²) in [5.41, 5.74) is 0.942. The summed E-state index contributed by atoms with van der Waals surface area (Å²) in [6.45, 7) is 2.16. The van der Waals surface area contributed by atoms with E-state index in [-0.39, 0.29) is 30.3 Å². The molecule has 1 saturated heterocycles. The largest absolute Gasteiger partial charge is 0.490 e. The number of non-ortho nitro benzene ring substituents is 1. The van der Waals surface area contributed by atoms with Gasteiger partial charge in [-0.25, -0.2) is 9.69 Å². The van der Waals surface area contributed by atoms with E-state index in [0.717, 1.165) is 4.90 Å². The molecular formula is C27H20IN3O9. The lowest BCUT2D eigenvalue weighted by Gasteiger charge is -2.26. The lowest BCUT2D eigenvalue weighted by molar-refractivity contribution is -0.384. The van der Waals surface area contributed by atoms with Gasteiger partial charge in [0, 0.05) is 18.2 Å². The molecule has 4 amide bonds. The van der Waals surface area contributed by atoms with Gasteiger partial charge in [-0.05, 0) is 71.0 Å². The predicted molar refractivity (Wildman–Crippen MR) is 149 cm³/mol. The van der Waals surface area contributed by atoms with Gasteiger partial charge in [0.25, 0.3) is 17.5 Å².